The number of hydrogen-bond acceptors (Lipinski definition) is 2. The molecule has 0 rings (SSSR count). The minimum atomic E-state index is -0.123. The number of amides is 1. The fourth-order valence-corrected chi connectivity index (χ4v) is 1.20. The van der Waals surface area contributed by atoms with Crippen LogP contribution < -0.4 is 5.32 Å². The molecule has 0 bridgehead atoms. The van der Waals surface area contributed by atoms with E-state index in [0.29, 0.717) is 0 Å². The van der Waals surface area contributed by atoms with E-state index in [0.717, 1.165) is 12.2 Å². The molecule has 1 amide bonds. The van der Waals surface area contributed by atoms with Gasteiger partial charge in [-0.1, -0.05) is 6.92 Å². The van der Waals surface area contributed by atoms with Gasteiger partial charge in [-0.15, -0.1) is 0 Å². The maximum absolute atomic E-state index is 11.4. The Balaban J connectivity index is 3.87. The summed E-state index contributed by atoms with van der Waals surface area (Å²) in [6, 6.07) is 0. The highest BCUT2D eigenvalue weighted by atomic mass is 32.1. The van der Waals surface area contributed by atoms with Crippen LogP contribution in [0.2, 0.25) is 0 Å². The van der Waals surface area contributed by atoms with Crippen LogP contribution in [0.15, 0.2) is 0 Å². The van der Waals surface area contributed by atoms with Gasteiger partial charge >= 0.3 is 0 Å². The molecule has 0 aromatic carbocycles. The van der Waals surface area contributed by atoms with E-state index in [1.165, 1.54) is 0 Å². The molecule has 0 aliphatic rings. The van der Waals surface area contributed by atoms with E-state index in [9.17, 15) is 4.79 Å². The largest absolute Gasteiger partial charge is 0.351 e. The molecular formula is C9H19NOS. The molecule has 0 fully saturated rings. The molecule has 1 N–H and O–H groups in total. The van der Waals surface area contributed by atoms with Gasteiger partial charge in [-0.2, -0.15) is 12.6 Å². The van der Waals surface area contributed by atoms with Crippen LogP contribution in [-0.4, -0.2) is 17.2 Å². The van der Waals surface area contributed by atoms with Gasteiger partial charge in [-0.05, 0) is 32.9 Å². The number of carbonyl (C=O) groups excluding carboxylic acids is 1. The number of thiol groups is 1. The smallest absolute Gasteiger partial charge is 0.223 e. The van der Waals surface area contributed by atoms with Crippen molar-refractivity contribution in [2.24, 2.45) is 5.92 Å². The molecule has 12 heavy (non-hydrogen) atoms. The zero-order valence-electron chi connectivity index (χ0n) is 8.35. The van der Waals surface area contributed by atoms with Crippen LogP contribution in [0.4, 0.5) is 0 Å². The van der Waals surface area contributed by atoms with Gasteiger partial charge in [0.05, 0.1) is 0 Å². The molecule has 0 radical (unpaired) electrons. The first-order chi connectivity index (χ1) is 5.37. The Morgan fingerprint density at radius 2 is 2.00 bits per heavy atom. The Morgan fingerprint density at radius 3 is 2.33 bits per heavy atom. The summed E-state index contributed by atoms with van der Waals surface area (Å²) < 4.78 is 0. The standard InChI is InChI=1S/C9H19NOS/c1-7(5-6-12)8(11)10-9(2,3)4/h7,12H,5-6H2,1-4H3,(H,10,11). The molecule has 1 unspecified atom stereocenters. The Kier molecular flexibility index (Phi) is 4.68. The summed E-state index contributed by atoms with van der Waals surface area (Å²) in [4.78, 5) is 11.4. The van der Waals surface area contributed by atoms with Crippen LogP contribution in [0, 0.1) is 5.92 Å². The van der Waals surface area contributed by atoms with Gasteiger partial charge in [-0.3, -0.25) is 4.79 Å². The molecule has 2 nitrogen and oxygen atoms in total. The van der Waals surface area contributed by atoms with Crippen LogP contribution in [0.1, 0.15) is 34.1 Å². The minimum absolute atomic E-state index is 0.0710. The van der Waals surface area contributed by atoms with Crippen LogP contribution in [0.3, 0.4) is 0 Å². The summed E-state index contributed by atoms with van der Waals surface area (Å²) in [6.45, 7) is 7.88. The van der Waals surface area contributed by atoms with E-state index in [1.807, 2.05) is 27.7 Å². The first-order valence-corrected chi connectivity index (χ1v) is 4.93. The van der Waals surface area contributed by atoms with Gasteiger partial charge in [-0.25, -0.2) is 0 Å². The monoisotopic (exact) mass is 189 g/mol. The number of carbonyl (C=O) groups is 1. The van der Waals surface area contributed by atoms with Gasteiger partial charge in [0.2, 0.25) is 5.91 Å². The van der Waals surface area contributed by atoms with Crippen LogP contribution in [-0.2, 0) is 4.79 Å². The lowest BCUT2D eigenvalue weighted by Gasteiger charge is -2.22. The van der Waals surface area contributed by atoms with E-state index in [4.69, 9.17) is 0 Å². The van der Waals surface area contributed by atoms with Crippen molar-refractivity contribution in [1.29, 1.82) is 0 Å². The first-order valence-electron chi connectivity index (χ1n) is 4.29. The molecule has 72 valence electrons. The molecule has 0 aromatic heterocycles. The van der Waals surface area contributed by atoms with Gasteiger partial charge < -0.3 is 5.32 Å². The molecule has 0 heterocycles. The van der Waals surface area contributed by atoms with Crippen molar-refractivity contribution in [3.05, 3.63) is 0 Å². The first kappa shape index (κ1) is 11.8. The van der Waals surface area contributed by atoms with E-state index < -0.39 is 0 Å². The summed E-state index contributed by atoms with van der Waals surface area (Å²) in [5, 5.41) is 2.93. The molecule has 0 saturated heterocycles. The summed E-state index contributed by atoms with van der Waals surface area (Å²) in [7, 11) is 0. The second-order valence-electron chi connectivity index (χ2n) is 4.15. The van der Waals surface area contributed by atoms with Gasteiger partial charge in [0.15, 0.2) is 0 Å². The third-order valence-corrected chi connectivity index (χ3v) is 1.77. The normalized spacial score (nSPS) is 14.1. The molecule has 0 aromatic rings. The molecule has 0 spiro atoms. The zero-order chi connectivity index (χ0) is 9.78. The van der Waals surface area contributed by atoms with Crippen LogP contribution in [0.5, 0.6) is 0 Å². The summed E-state index contributed by atoms with van der Waals surface area (Å²) >= 11 is 4.09. The average Bonchev–Trinajstić information content (AvgIpc) is 1.84. The summed E-state index contributed by atoms with van der Waals surface area (Å²) in [5.41, 5.74) is -0.123. The third-order valence-electron chi connectivity index (χ3n) is 1.51. The predicted octanol–water partition coefficient (Wildman–Crippen LogP) is 1.86. The molecule has 3 heteroatoms. The summed E-state index contributed by atoms with van der Waals surface area (Å²) in [6.07, 6.45) is 0.838. The quantitative estimate of drug-likeness (QED) is 0.652. The predicted molar refractivity (Wildman–Crippen MR) is 55.5 cm³/mol. The molecule has 0 saturated carbocycles. The number of rotatable bonds is 3. The van der Waals surface area contributed by atoms with Crippen molar-refractivity contribution in [3.8, 4) is 0 Å². The van der Waals surface area contributed by atoms with Crippen molar-refractivity contribution in [2.45, 2.75) is 39.7 Å². The highest BCUT2D eigenvalue weighted by Gasteiger charge is 2.18. The van der Waals surface area contributed by atoms with Gasteiger partial charge in [0, 0.05) is 11.5 Å². The number of hydrogen-bond donors (Lipinski definition) is 2. The van der Waals surface area contributed by atoms with Gasteiger partial charge in [0.1, 0.15) is 0 Å². The highest BCUT2D eigenvalue weighted by molar-refractivity contribution is 7.80. The lowest BCUT2D eigenvalue weighted by atomic mass is 10.0. The lowest BCUT2D eigenvalue weighted by Crippen LogP contribution is -2.43. The van der Waals surface area contributed by atoms with Crippen molar-refractivity contribution >= 4 is 18.5 Å². The van der Waals surface area contributed by atoms with Crippen molar-refractivity contribution in [3.63, 3.8) is 0 Å². The Bertz CT molecular complexity index is 151. The van der Waals surface area contributed by atoms with Crippen molar-refractivity contribution in [2.75, 3.05) is 5.75 Å². The maximum atomic E-state index is 11.4. The van der Waals surface area contributed by atoms with E-state index in [1.54, 1.807) is 0 Å². The summed E-state index contributed by atoms with van der Waals surface area (Å²) in [5.74, 6) is 0.955. The Hall–Kier alpha value is -0.180. The zero-order valence-corrected chi connectivity index (χ0v) is 9.24. The van der Waals surface area contributed by atoms with E-state index >= 15 is 0 Å². The SMILES string of the molecule is CC(CCS)C(=O)NC(C)(C)C. The second-order valence-corrected chi connectivity index (χ2v) is 4.60. The molecule has 0 aliphatic heterocycles. The average molecular weight is 189 g/mol. The molecule has 1 atom stereocenters. The molecule has 0 aliphatic carbocycles. The lowest BCUT2D eigenvalue weighted by molar-refractivity contribution is -0.125. The fourth-order valence-electron chi connectivity index (χ4n) is 0.818. The van der Waals surface area contributed by atoms with Crippen molar-refractivity contribution in [1.82, 2.24) is 5.32 Å². The maximum Gasteiger partial charge on any atom is 0.223 e. The van der Waals surface area contributed by atoms with Crippen LogP contribution in [0.25, 0.3) is 0 Å². The third kappa shape index (κ3) is 5.47. The number of nitrogens with one attached hydrogen (secondary N) is 1. The molecular weight excluding hydrogens is 170 g/mol. The fraction of sp³-hybridized carbons (Fsp3) is 0.889. The van der Waals surface area contributed by atoms with E-state index in [-0.39, 0.29) is 17.4 Å². The highest BCUT2D eigenvalue weighted by Crippen LogP contribution is 2.06. The Morgan fingerprint density at radius 1 is 1.50 bits per heavy atom. The topological polar surface area (TPSA) is 29.1 Å². The minimum Gasteiger partial charge on any atom is -0.351 e. The van der Waals surface area contributed by atoms with Crippen LogP contribution >= 0.6 is 12.6 Å². The second kappa shape index (κ2) is 4.75. The van der Waals surface area contributed by atoms with E-state index in [2.05, 4.69) is 17.9 Å². The van der Waals surface area contributed by atoms with Crippen molar-refractivity contribution < 1.29 is 4.79 Å². The van der Waals surface area contributed by atoms with Gasteiger partial charge in [0.25, 0.3) is 0 Å². The Labute approximate surface area is 80.5 Å².